The van der Waals surface area contributed by atoms with Crippen LogP contribution >= 0.6 is 0 Å². The van der Waals surface area contributed by atoms with Gasteiger partial charge in [0.15, 0.2) is 0 Å². The van der Waals surface area contributed by atoms with Crippen LogP contribution < -0.4 is 0 Å². The number of carbonyl (C=O) groups is 1. The number of hydrogen-bond donors (Lipinski definition) is 0. The number of piperidine rings is 1. The lowest BCUT2D eigenvalue weighted by Gasteiger charge is -2.53. The maximum absolute atomic E-state index is 11.0. The van der Waals surface area contributed by atoms with Crippen LogP contribution in [0.15, 0.2) is 0 Å². The van der Waals surface area contributed by atoms with Gasteiger partial charge in [0, 0.05) is 30.8 Å². The number of rotatable bonds is 1. The lowest BCUT2D eigenvalue weighted by molar-refractivity contribution is -0.156. The molecule has 0 saturated carbocycles. The highest BCUT2D eigenvalue weighted by Gasteiger charge is 2.44. The zero-order valence-corrected chi connectivity index (χ0v) is 10.8. The Morgan fingerprint density at radius 2 is 1.60 bits per heavy atom. The predicted octanol–water partition coefficient (Wildman–Crippen LogP) is 2.20. The number of nitrogens with zero attached hydrogens (tertiary/aromatic N) is 1. The summed E-state index contributed by atoms with van der Waals surface area (Å²) >= 11 is 0. The number of carbonyl (C=O) groups excluding carboxylic acids is 1. The Balaban J connectivity index is 2.79. The summed E-state index contributed by atoms with van der Waals surface area (Å²) in [6.07, 6.45) is 1.88. The van der Waals surface area contributed by atoms with Gasteiger partial charge in [-0.1, -0.05) is 0 Å². The molecule has 88 valence electrons. The Bertz CT molecular complexity index is 240. The van der Waals surface area contributed by atoms with Gasteiger partial charge in [-0.3, -0.25) is 9.69 Å². The van der Waals surface area contributed by atoms with E-state index in [9.17, 15) is 4.79 Å². The van der Waals surface area contributed by atoms with Crippen molar-refractivity contribution in [1.29, 1.82) is 0 Å². The highest BCUT2D eigenvalue weighted by atomic mass is 16.5. The second-order valence-corrected chi connectivity index (χ2v) is 5.82. The number of esters is 1. The van der Waals surface area contributed by atoms with E-state index in [1.165, 1.54) is 6.92 Å². The molecule has 3 heteroatoms. The largest absolute Gasteiger partial charge is 0.462 e. The molecule has 1 aliphatic heterocycles. The van der Waals surface area contributed by atoms with E-state index in [2.05, 4.69) is 39.6 Å². The summed E-state index contributed by atoms with van der Waals surface area (Å²) in [5.41, 5.74) is 0.170. The molecule has 1 saturated heterocycles. The third-order valence-corrected chi connectivity index (χ3v) is 3.60. The minimum Gasteiger partial charge on any atom is -0.462 e. The molecule has 0 aliphatic carbocycles. The predicted molar refractivity (Wildman–Crippen MR) is 60.7 cm³/mol. The molecule has 0 unspecified atom stereocenters. The molecule has 0 radical (unpaired) electrons. The van der Waals surface area contributed by atoms with Crippen molar-refractivity contribution in [3.63, 3.8) is 0 Å². The van der Waals surface area contributed by atoms with Gasteiger partial charge < -0.3 is 4.74 Å². The molecule has 1 aliphatic rings. The molecule has 1 rings (SSSR count). The van der Waals surface area contributed by atoms with Crippen molar-refractivity contribution in [3.8, 4) is 0 Å². The van der Waals surface area contributed by atoms with Gasteiger partial charge in [-0.05, 0) is 34.7 Å². The molecule has 0 aromatic rings. The Kier molecular flexibility index (Phi) is 3.15. The molecule has 15 heavy (non-hydrogen) atoms. The van der Waals surface area contributed by atoms with Gasteiger partial charge in [-0.25, -0.2) is 0 Å². The number of ether oxygens (including phenoxy) is 1. The zero-order valence-electron chi connectivity index (χ0n) is 10.8. The lowest BCUT2D eigenvalue weighted by atomic mass is 9.79. The van der Waals surface area contributed by atoms with Crippen molar-refractivity contribution < 1.29 is 9.53 Å². The quantitative estimate of drug-likeness (QED) is 0.625. The average Bonchev–Trinajstić information content (AvgIpc) is 1.97. The van der Waals surface area contributed by atoms with Gasteiger partial charge in [-0.2, -0.15) is 0 Å². The summed E-state index contributed by atoms with van der Waals surface area (Å²) < 4.78 is 5.35. The first kappa shape index (κ1) is 12.5. The standard InChI is InChI=1S/C12H23NO2/c1-9(14)15-10-7-11(2,3)13(6)12(4,5)8-10/h10H,7-8H2,1-6H3. The number of likely N-dealkylation sites (tertiary alicyclic amines) is 1. The summed E-state index contributed by atoms with van der Waals surface area (Å²) in [6.45, 7) is 10.3. The van der Waals surface area contributed by atoms with Crippen LogP contribution in [0, 0.1) is 0 Å². The molecule has 0 N–H and O–H groups in total. The van der Waals surface area contributed by atoms with Crippen molar-refractivity contribution in [2.24, 2.45) is 0 Å². The topological polar surface area (TPSA) is 29.5 Å². The SMILES string of the molecule is CC(=O)OC1CC(C)(C)N(C)C(C)(C)C1. The highest BCUT2D eigenvalue weighted by Crippen LogP contribution is 2.37. The van der Waals surface area contributed by atoms with Gasteiger partial charge in [-0.15, -0.1) is 0 Å². The summed E-state index contributed by atoms with van der Waals surface area (Å²) in [5.74, 6) is -0.170. The minimum absolute atomic E-state index is 0.0590. The van der Waals surface area contributed by atoms with Crippen molar-refractivity contribution in [1.82, 2.24) is 4.90 Å². The molecule has 0 bridgehead atoms. The van der Waals surface area contributed by atoms with E-state index in [1.54, 1.807) is 0 Å². The fraction of sp³-hybridized carbons (Fsp3) is 0.917. The summed E-state index contributed by atoms with van der Waals surface area (Å²) in [5, 5.41) is 0. The van der Waals surface area contributed by atoms with E-state index in [4.69, 9.17) is 4.74 Å². The second kappa shape index (κ2) is 3.78. The van der Waals surface area contributed by atoms with E-state index >= 15 is 0 Å². The summed E-state index contributed by atoms with van der Waals surface area (Å²) in [4.78, 5) is 13.4. The van der Waals surface area contributed by atoms with E-state index in [-0.39, 0.29) is 23.2 Å². The van der Waals surface area contributed by atoms with Crippen molar-refractivity contribution in [2.75, 3.05) is 7.05 Å². The maximum atomic E-state index is 11.0. The molecule has 0 amide bonds. The summed E-state index contributed by atoms with van der Waals surface area (Å²) in [7, 11) is 2.14. The van der Waals surface area contributed by atoms with Crippen LogP contribution in [-0.4, -0.2) is 35.1 Å². The van der Waals surface area contributed by atoms with Gasteiger partial charge in [0.05, 0.1) is 0 Å². The first-order valence-corrected chi connectivity index (χ1v) is 5.56. The van der Waals surface area contributed by atoms with E-state index in [0.29, 0.717) is 0 Å². The van der Waals surface area contributed by atoms with Gasteiger partial charge in [0.2, 0.25) is 0 Å². The van der Waals surface area contributed by atoms with Crippen LogP contribution in [0.4, 0.5) is 0 Å². The van der Waals surface area contributed by atoms with Crippen molar-refractivity contribution in [3.05, 3.63) is 0 Å². The molecule has 0 atom stereocenters. The second-order valence-electron chi connectivity index (χ2n) is 5.82. The molecular formula is C12H23NO2. The molecule has 1 heterocycles. The van der Waals surface area contributed by atoms with Gasteiger partial charge in [0.1, 0.15) is 6.10 Å². The van der Waals surface area contributed by atoms with Gasteiger partial charge in [0.25, 0.3) is 0 Å². The minimum atomic E-state index is -0.170. The normalized spacial score (nSPS) is 26.3. The molecule has 1 fully saturated rings. The van der Waals surface area contributed by atoms with E-state index in [0.717, 1.165) is 12.8 Å². The van der Waals surface area contributed by atoms with E-state index < -0.39 is 0 Å². The van der Waals surface area contributed by atoms with Crippen LogP contribution in [0.3, 0.4) is 0 Å². The third-order valence-electron chi connectivity index (χ3n) is 3.60. The molecular weight excluding hydrogens is 190 g/mol. The van der Waals surface area contributed by atoms with Crippen LogP contribution in [0.25, 0.3) is 0 Å². The van der Waals surface area contributed by atoms with E-state index in [1.807, 2.05) is 0 Å². The average molecular weight is 213 g/mol. The molecule has 3 nitrogen and oxygen atoms in total. The summed E-state index contributed by atoms with van der Waals surface area (Å²) in [6, 6.07) is 0. The van der Waals surface area contributed by atoms with Gasteiger partial charge >= 0.3 is 5.97 Å². The van der Waals surface area contributed by atoms with Crippen LogP contribution in [0.1, 0.15) is 47.5 Å². The monoisotopic (exact) mass is 213 g/mol. The molecule has 0 aromatic heterocycles. The Morgan fingerprint density at radius 1 is 1.20 bits per heavy atom. The zero-order chi connectivity index (χ0) is 11.9. The number of hydrogen-bond acceptors (Lipinski definition) is 3. The smallest absolute Gasteiger partial charge is 0.302 e. The van der Waals surface area contributed by atoms with Crippen molar-refractivity contribution >= 4 is 5.97 Å². The Morgan fingerprint density at radius 3 is 1.93 bits per heavy atom. The lowest BCUT2D eigenvalue weighted by Crippen LogP contribution is -2.60. The Labute approximate surface area is 92.8 Å². The van der Waals surface area contributed by atoms with Crippen LogP contribution in [0.2, 0.25) is 0 Å². The van der Waals surface area contributed by atoms with Crippen LogP contribution in [-0.2, 0) is 9.53 Å². The first-order valence-electron chi connectivity index (χ1n) is 5.56. The molecule has 0 aromatic carbocycles. The fourth-order valence-electron chi connectivity index (χ4n) is 2.60. The molecule has 0 spiro atoms. The Hall–Kier alpha value is -0.570. The first-order chi connectivity index (χ1) is 6.65. The van der Waals surface area contributed by atoms with Crippen LogP contribution in [0.5, 0.6) is 0 Å². The van der Waals surface area contributed by atoms with Crippen molar-refractivity contribution in [2.45, 2.75) is 64.6 Å². The fourth-order valence-corrected chi connectivity index (χ4v) is 2.60. The highest BCUT2D eigenvalue weighted by molar-refractivity contribution is 5.66. The third kappa shape index (κ3) is 2.71. The maximum Gasteiger partial charge on any atom is 0.302 e.